The van der Waals surface area contributed by atoms with Crippen LogP contribution in [0.2, 0.25) is 5.02 Å². The Morgan fingerprint density at radius 2 is 2.00 bits per heavy atom. The Balaban J connectivity index is 1.55. The fourth-order valence-corrected chi connectivity index (χ4v) is 4.06. The zero-order valence-corrected chi connectivity index (χ0v) is 18.7. The predicted octanol–water partition coefficient (Wildman–Crippen LogP) is 3.40. The number of amides is 1. The van der Waals surface area contributed by atoms with Gasteiger partial charge in [0, 0.05) is 57.5 Å². The summed E-state index contributed by atoms with van der Waals surface area (Å²) in [5.41, 5.74) is 3.49. The molecule has 0 aromatic heterocycles. The largest absolute Gasteiger partial charge is 0.378 e. The first-order valence-electron chi connectivity index (χ1n) is 10.3. The van der Waals surface area contributed by atoms with Gasteiger partial charge in [0.15, 0.2) is 0 Å². The Bertz CT molecular complexity index is 866. The van der Waals surface area contributed by atoms with E-state index in [-0.39, 0.29) is 18.0 Å². The van der Waals surface area contributed by atoms with Gasteiger partial charge in [0.1, 0.15) is 0 Å². The summed E-state index contributed by atoms with van der Waals surface area (Å²) in [6.45, 7) is 2.31. The van der Waals surface area contributed by atoms with Gasteiger partial charge in [-0.05, 0) is 41.8 Å². The molecule has 1 fully saturated rings. The van der Waals surface area contributed by atoms with E-state index in [4.69, 9.17) is 11.6 Å². The first-order valence-corrected chi connectivity index (χ1v) is 10.7. The van der Waals surface area contributed by atoms with Crippen molar-refractivity contribution in [3.8, 4) is 0 Å². The van der Waals surface area contributed by atoms with Gasteiger partial charge in [0.2, 0.25) is 5.91 Å². The van der Waals surface area contributed by atoms with Crippen molar-refractivity contribution in [1.82, 2.24) is 15.5 Å². The first-order chi connectivity index (χ1) is 14.5. The van der Waals surface area contributed by atoms with Crippen LogP contribution in [0.5, 0.6) is 0 Å². The number of nitrogens with one attached hydrogen (secondary N) is 2. The molecule has 160 valence electrons. The summed E-state index contributed by atoms with van der Waals surface area (Å²) in [4.78, 5) is 16.7. The molecule has 2 atom stereocenters. The minimum absolute atomic E-state index is 0.0675. The third-order valence-electron chi connectivity index (χ3n) is 5.47. The normalized spacial score (nSPS) is 19.3. The van der Waals surface area contributed by atoms with E-state index < -0.39 is 0 Å². The molecule has 1 aliphatic heterocycles. The Morgan fingerprint density at radius 3 is 2.67 bits per heavy atom. The van der Waals surface area contributed by atoms with Crippen LogP contribution >= 0.6 is 11.6 Å². The molecule has 1 saturated heterocycles. The van der Waals surface area contributed by atoms with E-state index in [0.29, 0.717) is 6.54 Å². The number of nitrogens with zero attached hydrogens (tertiary/aromatic N) is 2. The Hall–Kier alpha value is -2.34. The smallest absolute Gasteiger partial charge is 0.237 e. The number of likely N-dealkylation sites (tertiary alicyclic amines) is 1. The molecule has 0 saturated carbocycles. The third kappa shape index (κ3) is 6.08. The van der Waals surface area contributed by atoms with Crippen LogP contribution in [-0.4, -0.2) is 57.1 Å². The molecule has 0 aliphatic carbocycles. The number of hydrogen-bond donors (Lipinski definition) is 2. The average Bonchev–Trinajstić information content (AvgIpc) is 3.13. The summed E-state index contributed by atoms with van der Waals surface area (Å²) in [6, 6.07) is 16.5. The average molecular weight is 427 g/mol. The maximum atomic E-state index is 12.4. The minimum Gasteiger partial charge on any atom is -0.378 e. The number of halogens is 1. The SMILES string of the molecule is CNC(=O)[C@@H]1C[C@H](NC/C=C/c2ccc(N(C)C)cc2)CN1Cc1cccc(Cl)c1. The molecule has 6 heteroatoms. The van der Waals surface area contributed by atoms with E-state index >= 15 is 0 Å². The molecule has 2 aromatic rings. The number of benzene rings is 2. The van der Waals surface area contributed by atoms with Crippen LogP contribution in [0.15, 0.2) is 54.6 Å². The predicted molar refractivity (Wildman–Crippen MR) is 126 cm³/mol. The molecular formula is C24H31ClN4O. The number of carbonyl (C=O) groups excluding carboxylic acids is 1. The molecule has 3 rings (SSSR count). The van der Waals surface area contributed by atoms with Crippen molar-refractivity contribution >= 4 is 29.3 Å². The summed E-state index contributed by atoms with van der Waals surface area (Å²) in [5, 5.41) is 7.10. The van der Waals surface area contributed by atoms with E-state index in [1.165, 1.54) is 11.3 Å². The Morgan fingerprint density at radius 1 is 1.23 bits per heavy atom. The van der Waals surface area contributed by atoms with Crippen LogP contribution in [-0.2, 0) is 11.3 Å². The monoisotopic (exact) mass is 426 g/mol. The molecule has 0 bridgehead atoms. The molecule has 0 radical (unpaired) electrons. The molecule has 1 aliphatic rings. The number of anilines is 1. The highest BCUT2D eigenvalue weighted by Crippen LogP contribution is 2.22. The summed E-state index contributed by atoms with van der Waals surface area (Å²) in [7, 11) is 5.78. The van der Waals surface area contributed by atoms with Gasteiger partial charge in [-0.1, -0.05) is 48.0 Å². The van der Waals surface area contributed by atoms with Crippen LogP contribution in [0.25, 0.3) is 6.08 Å². The van der Waals surface area contributed by atoms with E-state index in [2.05, 4.69) is 62.9 Å². The van der Waals surface area contributed by atoms with Crippen LogP contribution in [0.1, 0.15) is 17.5 Å². The molecule has 0 spiro atoms. The molecule has 5 nitrogen and oxygen atoms in total. The molecular weight excluding hydrogens is 396 g/mol. The zero-order valence-electron chi connectivity index (χ0n) is 17.9. The topological polar surface area (TPSA) is 47.6 Å². The minimum atomic E-state index is -0.131. The van der Waals surface area contributed by atoms with Gasteiger partial charge in [0.25, 0.3) is 0 Å². The van der Waals surface area contributed by atoms with Crippen molar-refractivity contribution in [1.29, 1.82) is 0 Å². The standard InChI is InChI=1S/C24H31ClN4O/c1-26-24(30)23-15-21(17-29(23)16-19-6-4-8-20(25)14-19)27-13-5-7-18-9-11-22(12-10-18)28(2)3/h4-12,14,21,23,27H,13,15-17H2,1-3H3,(H,26,30)/b7-5+/t21-,23-/m0/s1. The third-order valence-corrected chi connectivity index (χ3v) is 5.71. The van der Waals surface area contributed by atoms with Gasteiger partial charge in [-0.25, -0.2) is 0 Å². The Labute approximate surface area is 184 Å². The number of hydrogen-bond acceptors (Lipinski definition) is 4. The van der Waals surface area contributed by atoms with Gasteiger partial charge in [-0.3, -0.25) is 9.69 Å². The van der Waals surface area contributed by atoms with Crippen molar-refractivity contribution in [3.05, 3.63) is 70.8 Å². The van der Waals surface area contributed by atoms with Crippen molar-refractivity contribution in [2.24, 2.45) is 0 Å². The van der Waals surface area contributed by atoms with Gasteiger partial charge >= 0.3 is 0 Å². The van der Waals surface area contributed by atoms with E-state index in [1.807, 2.05) is 32.3 Å². The molecule has 1 amide bonds. The van der Waals surface area contributed by atoms with Gasteiger partial charge in [-0.15, -0.1) is 0 Å². The van der Waals surface area contributed by atoms with Crippen LogP contribution in [0, 0.1) is 0 Å². The quantitative estimate of drug-likeness (QED) is 0.679. The highest BCUT2D eigenvalue weighted by molar-refractivity contribution is 6.30. The lowest BCUT2D eigenvalue weighted by atomic mass is 10.1. The van der Waals surface area contributed by atoms with E-state index in [0.717, 1.165) is 30.1 Å². The summed E-state index contributed by atoms with van der Waals surface area (Å²) < 4.78 is 0. The van der Waals surface area contributed by atoms with Crippen molar-refractivity contribution in [2.45, 2.75) is 25.0 Å². The van der Waals surface area contributed by atoms with Crippen LogP contribution in [0.4, 0.5) is 5.69 Å². The second kappa shape index (κ2) is 10.6. The van der Waals surface area contributed by atoms with Gasteiger partial charge < -0.3 is 15.5 Å². The number of rotatable bonds is 8. The van der Waals surface area contributed by atoms with Crippen molar-refractivity contribution in [3.63, 3.8) is 0 Å². The zero-order chi connectivity index (χ0) is 21.5. The van der Waals surface area contributed by atoms with E-state index in [1.54, 1.807) is 7.05 Å². The second-order valence-corrected chi connectivity index (χ2v) is 8.36. The fourth-order valence-electron chi connectivity index (χ4n) is 3.85. The first kappa shape index (κ1) is 22.3. The van der Waals surface area contributed by atoms with Crippen LogP contribution < -0.4 is 15.5 Å². The molecule has 0 unspecified atom stereocenters. The van der Waals surface area contributed by atoms with Gasteiger partial charge in [-0.2, -0.15) is 0 Å². The highest BCUT2D eigenvalue weighted by Gasteiger charge is 2.35. The number of likely N-dealkylation sites (N-methyl/N-ethyl adjacent to an activating group) is 1. The maximum Gasteiger partial charge on any atom is 0.237 e. The molecule has 1 heterocycles. The lowest BCUT2D eigenvalue weighted by molar-refractivity contribution is -0.125. The fraction of sp³-hybridized carbons (Fsp3) is 0.375. The van der Waals surface area contributed by atoms with Crippen molar-refractivity contribution in [2.75, 3.05) is 39.1 Å². The van der Waals surface area contributed by atoms with Crippen molar-refractivity contribution < 1.29 is 4.79 Å². The lowest BCUT2D eigenvalue weighted by Gasteiger charge is -2.23. The highest BCUT2D eigenvalue weighted by atomic mass is 35.5. The number of carbonyl (C=O) groups is 1. The van der Waals surface area contributed by atoms with E-state index in [9.17, 15) is 4.79 Å². The summed E-state index contributed by atoms with van der Waals surface area (Å²) in [5.74, 6) is 0.0675. The summed E-state index contributed by atoms with van der Waals surface area (Å²) >= 11 is 6.12. The molecule has 2 N–H and O–H groups in total. The lowest BCUT2D eigenvalue weighted by Crippen LogP contribution is -2.41. The van der Waals surface area contributed by atoms with Gasteiger partial charge in [0.05, 0.1) is 6.04 Å². The van der Waals surface area contributed by atoms with Crippen LogP contribution in [0.3, 0.4) is 0 Å². The maximum absolute atomic E-state index is 12.4. The Kier molecular flexibility index (Phi) is 7.91. The second-order valence-electron chi connectivity index (χ2n) is 7.92. The molecule has 2 aromatic carbocycles. The summed E-state index contributed by atoms with van der Waals surface area (Å²) in [6.07, 6.45) is 5.06. The molecule has 30 heavy (non-hydrogen) atoms.